The van der Waals surface area contributed by atoms with Gasteiger partial charge in [-0.1, -0.05) is 15.9 Å². The number of rotatable bonds is 2. The van der Waals surface area contributed by atoms with E-state index in [1.54, 1.807) is 11.8 Å². The van der Waals surface area contributed by atoms with Crippen LogP contribution in [0.2, 0.25) is 0 Å². The number of hydrogen-bond donors (Lipinski definition) is 1. The fourth-order valence-electron chi connectivity index (χ4n) is 1.44. The second-order valence-corrected chi connectivity index (χ2v) is 4.66. The van der Waals surface area contributed by atoms with E-state index in [1.807, 2.05) is 0 Å². The molecule has 13 heavy (non-hydrogen) atoms. The van der Waals surface area contributed by atoms with Gasteiger partial charge < -0.3 is 10.6 Å². The fraction of sp³-hybridized carbons (Fsp3) is 0.750. The Balaban J connectivity index is 2.50. The zero-order valence-corrected chi connectivity index (χ0v) is 9.08. The Bertz CT molecular complexity index is 230. The summed E-state index contributed by atoms with van der Waals surface area (Å²) in [5.41, 5.74) is 5.15. The maximum atomic E-state index is 11.4. The summed E-state index contributed by atoms with van der Waals surface area (Å²) in [7, 11) is 0. The Morgan fingerprint density at radius 1 is 1.62 bits per heavy atom. The lowest BCUT2D eigenvalue weighted by Gasteiger charge is -2.17. The van der Waals surface area contributed by atoms with Crippen LogP contribution in [0, 0.1) is 5.92 Å². The zero-order valence-electron chi connectivity index (χ0n) is 7.50. The largest absolute Gasteiger partial charge is 0.369 e. The normalized spacial score (nSPS) is 24.5. The summed E-state index contributed by atoms with van der Waals surface area (Å²) in [6, 6.07) is 0. The van der Waals surface area contributed by atoms with Crippen LogP contribution in [0.15, 0.2) is 0 Å². The van der Waals surface area contributed by atoms with Crippen molar-refractivity contribution in [3.05, 3.63) is 0 Å². The van der Waals surface area contributed by atoms with Gasteiger partial charge in [-0.2, -0.15) is 0 Å². The molecular formula is C8H13BrN2O2. The van der Waals surface area contributed by atoms with Crippen molar-refractivity contribution in [2.45, 2.75) is 18.2 Å². The van der Waals surface area contributed by atoms with Crippen LogP contribution in [-0.4, -0.2) is 34.6 Å². The summed E-state index contributed by atoms with van der Waals surface area (Å²) in [6.45, 7) is 2.90. The standard InChI is InChI=1S/C8H13BrN2O2/c1-5(9)8(13)11-3-2-6(4-11)7(10)12/h5-6H,2-4H2,1H3,(H2,10,12). The molecule has 5 heteroatoms. The topological polar surface area (TPSA) is 63.4 Å². The molecule has 1 aliphatic rings. The molecule has 1 fully saturated rings. The molecule has 2 amide bonds. The summed E-state index contributed by atoms with van der Waals surface area (Å²) in [6.07, 6.45) is 0.695. The van der Waals surface area contributed by atoms with E-state index in [0.29, 0.717) is 19.5 Å². The molecule has 74 valence electrons. The van der Waals surface area contributed by atoms with Crippen molar-refractivity contribution in [2.75, 3.05) is 13.1 Å². The maximum Gasteiger partial charge on any atom is 0.236 e. The second-order valence-electron chi connectivity index (χ2n) is 3.29. The first-order valence-electron chi connectivity index (χ1n) is 4.24. The van der Waals surface area contributed by atoms with E-state index in [4.69, 9.17) is 5.73 Å². The summed E-state index contributed by atoms with van der Waals surface area (Å²) in [5.74, 6) is -0.434. The van der Waals surface area contributed by atoms with Gasteiger partial charge in [0.15, 0.2) is 0 Å². The molecule has 0 radical (unpaired) electrons. The molecule has 0 aromatic rings. The lowest BCUT2D eigenvalue weighted by atomic mass is 10.1. The number of nitrogens with zero attached hydrogens (tertiary/aromatic N) is 1. The predicted octanol–water partition coefficient (Wildman–Crippen LogP) is 0.104. The molecule has 1 aliphatic heterocycles. The molecule has 0 aromatic carbocycles. The van der Waals surface area contributed by atoms with Crippen LogP contribution < -0.4 is 5.73 Å². The lowest BCUT2D eigenvalue weighted by molar-refractivity contribution is -0.129. The van der Waals surface area contributed by atoms with E-state index in [9.17, 15) is 9.59 Å². The van der Waals surface area contributed by atoms with E-state index < -0.39 is 0 Å². The van der Waals surface area contributed by atoms with Gasteiger partial charge in [0.1, 0.15) is 0 Å². The minimum absolute atomic E-state index is 0.0313. The lowest BCUT2D eigenvalue weighted by Crippen LogP contribution is -2.35. The van der Waals surface area contributed by atoms with E-state index in [-0.39, 0.29) is 22.6 Å². The monoisotopic (exact) mass is 248 g/mol. The van der Waals surface area contributed by atoms with Gasteiger partial charge in [0.25, 0.3) is 0 Å². The minimum Gasteiger partial charge on any atom is -0.369 e. The summed E-state index contributed by atoms with van der Waals surface area (Å²) >= 11 is 3.20. The molecule has 2 N–H and O–H groups in total. The van der Waals surface area contributed by atoms with Gasteiger partial charge in [0.2, 0.25) is 11.8 Å². The average Bonchev–Trinajstić information content (AvgIpc) is 2.50. The van der Waals surface area contributed by atoms with Crippen LogP contribution in [0.25, 0.3) is 0 Å². The molecular weight excluding hydrogens is 236 g/mol. The van der Waals surface area contributed by atoms with Crippen molar-refractivity contribution in [2.24, 2.45) is 11.7 Å². The highest BCUT2D eigenvalue weighted by atomic mass is 79.9. The molecule has 2 unspecified atom stereocenters. The number of alkyl halides is 1. The zero-order chi connectivity index (χ0) is 10.0. The minimum atomic E-state index is -0.308. The van der Waals surface area contributed by atoms with E-state index >= 15 is 0 Å². The predicted molar refractivity (Wildman–Crippen MR) is 52.3 cm³/mol. The summed E-state index contributed by atoms with van der Waals surface area (Å²) in [5, 5.41) is 0. The highest BCUT2D eigenvalue weighted by Gasteiger charge is 2.30. The third kappa shape index (κ3) is 2.43. The first-order valence-corrected chi connectivity index (χ1v) is 5.16. The van der Waals surface area contributed by atoms with E-state index in [1.165, 1.54) is 0 Å². The number of carbonyl (C=O) groups is 2. The summed E-state index contributed by atoms with van der Waals surface area (Å²) < 4.78 is 0. The third-order valence-corrected chi connectivity index (χ3v) is 2.63. The van der Waals surface area contributed by atoms with Gasteiger partial charge in [-0.15, -0.1) is 0 Å². The average molecular weight is 249 g/mol. The fourth-order valence-corrected chi connectivity index (χ4v) is 1.73. The van der Waals surface area contributed by atoms with Gasteiger partial charge in [-0.25, -0.2) is 0 Å². The van der Waals surface area contributed by atoms with Gasteiger partial charge in [-0.05, 0) is 13.3 Å². The Morgan fingerprint density at radius 3 is 2.62 bits per heavy atom. The molecule has 1 rings (SSSR count). The first kappa shape index (κ1) is 10.5. The number of primary amides is 1. The molecule has 1 saturated heterocycles. The molecule has 0 spiro atoms. The number of carbonyl (C=O) groups excluding carboxylic acids is 2. The Kier molecular flexibility index (Phi) is 3.30. The van der Waals surface area contributed by atoms with E-state index in [0.717, 1.165) is 0 Å². The first-order chi connectivity index (χ1) is 6.02. The Hall–Kier alpha value is -0.580. The highest BCUT2D eigenvalue weighted by Crippen LogP contribution is 2.17. The van der Waals surface area contributed by atoms with Crippen LogP contribution in [0.3, 0.4) is 0 Å². The Morgan fingerprint density at radius 2 is 2.23 bits per heavy atom. The number of likely N-dealkylation sites (tertiary alicyclic amines) is 1. The number of nitrogens with two attached hydrogens (primary N) is 1. The van der Waals surface area contributed by atoms with Crippen molar-refractivity contribution in [3.8, 4) is 0 Å². The molecule has 0 saturated carbocycles. The van der Waals surface area contributed by atoms with Gasteiger partial charge in [0, 0.05) is 13.1 Å². The smallest absolute Gasteiger partial charge is 0.236 e. The van der Waals surface area contributed by atoms with Crippen LogP contribution in [0.4, 0.5) is 0 Å². The molecule has 0 aromatic heterocycles. The molecule has 1 heterocycles. The SMILES string of the molecule is CC(Br)C(=O)N1CCC(C(N)=O)C1. The van der Waals surface area contributed by atoms with Crippen molar-refractivity contribution < 1.29 is 9.59 Å². The number of halogens is 1. The van der Waals surface area contributed by atoms with Gasteiger partial charge in [-0.3, -0.25) is 9.59 Å². The molecule has 2 atom stereocenters. The molecule has 0 bridgehead atoms. The van der Waals surface area contributed by atoms with E-state index in [2.05, 4.69) is 15.9 Å². The van der Waals surface area contributed by atoms with Crippen LogP contribution in [-0.2, 0) is 9.59 Å². The van der Waals surface area contributed by atoms with Crippen LogP contribution >= 0.6 is 15.9 Å². The van der Waals surface area contributed by atoms with Crippen molar-refractivity contribution in [1.82, 2.24) is 4.90 Å². The number of hydrogen-bond acceptors (Lipinski definition) is 2. The molecule has 4 nitrogen and oxygen atoms in total. The molecule has 0 aliphatic carbocycles. The van der Waals surface area contributed by atoms with Crippen molar-refractivity contribution in [1.29, 1.82) is 0 Å². The van der Waals surface area contributed by atoms with Crippen molar-refractivity contribution in [3.63, 3.8) is 0 Å². The Labute approximate surface area is 85.6 Å². The number of amides is 2. The van der Waals surface area contributed by atoms with Crippen LogP contribution in [0.1, 0.15) is 13.3 Å². The highest BCUT2D eigenvalue weighted by molar-refractivity contribution is 9.10. The maximum absolute atomic E-state index is 11.4. The van der Waals surface area contributed by atoms with Crippen molar-refractivity contribution >= 4 is 27.7 Å². The van der Waals surface area contributed by atoms with Crippen LogP contribution in [0.5, 0.6) is 0 Å². The van der Waals surface area contributed by atoms with Gasteiger partial charge >= 0.3 is 0 Å². The second kappa shape index (κ2) is 4.09. The third-order valence-electron chi connectivity index (χ3n) is 2.24. The summed E-state index contributed by atoms with van der Waals surface area (Å²) in [4.78, 5) is 23.7. The van der Waals surface area contributed by atoms with Gasteiger partial charge in [0.05, 0.1) is 10.7 Å². The quantitative estimate of drug-likeness (QED) is 0.705.